The highest BCUT2D eigenvalue weighted by atomic mass is 16.8. The molecule has 1 heterocycles. The van der Waals surface area contributed by atoms with Crippen LogP contribution >= 0.6 is 0 Å². The van der Waals surface area contributed by atoms with E-state index in [1.807, 2.05) is 0 Å². The first-order valence-electron chi connectivity index (χ1n) is 10.3. The van der Waals surface area contributed by atoms with E-state index in [4.69, 9.17) is 14.6 Å². The highest BCUT2D eigenvalue weighted by Gasteiger charge is 2.48. The van der Waals surface area contributed by atoms with Gasteiger partial charge >= 0.3 is 5.97 Å². The number of aliphatic hydroxyl groups is 1. The molecule has 4 heteroatoms. The fraction of sp³-hybridized carbons (Fsp3) is 0.857. The van der Waals surface area contributed by atoms with Gasteiger partial charge in [0.1, 0.15) is 13.2 Å². The van der Waals surface area contributed by atoms with Crippen LogP contribution in [0.15, 0.2) is 12.2 Å². The Morgan fingerprint density at radius 1 is 0.960 bits per heavy atom. The highest BCUT2D eigenvalue weighted by molar-refractivity contribution is 5.69. The van der Waals surface area contributed by atoms with Crippen LogP contribution in [0.1, 0.15) is 96.8 Å². The Labute approximate surface area is 154 Å². The van der Waals surface area contributed by atoms with Gasteiger partial charge in [0, 0.05) is 6.42 Å². The van der Waals surface area contributed by atoms with E-state index in [0.717, 1.165) is 12.8 Å². The van der Waals surface area contributed by atoms with Gasteiger partial charge < -0.3 is 14.6 Å². The van der Waals surface area contributed by atoms with Crippen LogP contribution in [0, 0.1) is 0 Å². The number of aliphatic hydroxyl groups excluding tert-OH is 1. The first-order valence-corrected chi connectivity index (χ1v) is 10.3. The summed E-state index contributed by atoms with van der Waals surface area (Å²) < 4.78 is 10.0. The molecule has 146 valence electrons. The third kappa shape index (κ3) is 12.2. The van der Waals surface area contributed by atoms with Crippen LogP contribution in [0.4, 0.5) is 0 Å². The molecule has 1 rings (SSSR count). The molecule has 0 spiro atoms. The van der Waals surface area contributed by atoms with Gasteiger partial charge in [-0.2, -0.15) is 0 Å². The predicted octanol–water partition coefficient (Wildman–Crippen LogP) is 5.29. The molecule has 1 aliphatic rings. The monoisotopic (exact) mass is 354 g/mol. The largest absolute Gasteiger partial charge is 0.428 e. The van der Waals surface area contributed by atoms with Crippen LogP contribution in [-0.2, 0) is 14.3 Å². The van der Waals surface area contributed by atoms with Crippen molar-refractivity contribution in [2.75, 3.05) is 13.2 Å². The molecule has 1 fully saturated rings. The second-order valence-corrected chi connectivity index (χ2v) is 7.17. The number of hydrogen-bond acceptors (Lipinski definition) is 4. The standard InChI is InChI=1S/C21H38O4/c1-2-3-4-5-6-7-8-9-10-11-12-13-14-15-16-17-20(23)25-21(18-22)19-24-21/h9-10,22H,2-8,11-19H2,1H3/b10-9+/t21-/m0/s1. The molecule has 0 saturated carbocycles. The fourth-order valence-corrected chi connectivity index (χ4v) is 2.86. The van der Waals surface area contributed by atoms with Crippen molar-refractivity contribution in [1.82, 2.24) is 0 Å². The van der Waals surface area contributed by atoms with Crippen molar-refractivity contribution >= 4 is 5.97 Å². The first-order chi connectivity index (χ1) is 12.2. The zero-order valence-corrected chi connectivity index (χ0v) is 16.1. The fourth-order valence-electron chi connectivity index (χ4n) is 2.86. The van der Waals surface area contributed by atoms with Crippen LogP contribution in [0.25, 0.3) is 0 Å². The molecule has 0 aliphatic carbocycles. The van der Waals surface area contributed by atoms with Gasteiger partial charge in [0.05, 0.1) is 0 Å². The van der Waals surface area contributed by atoms with Gasteiger partial charge in [0.2, 0.25) is 0 Å². The van der Waals surface area contributed by atoms with E-state index in [0.29, 0.717) is 13.0 Å². The van der Waals surface area contributed by atoms with Crippen molar-refractivity contribution in [2.45, 2.75) is 103 Å². The Balaban J connectivity index is 1.78. The second kappa shape index (κ2) is 14.3. The Kier molecular flexibility index (Phi) is 12.7. The van der Waals surface area contributed by atoms with Gasteiger partial charge in [-0.3, -0.25) is 4.79 Å². The molecule has 1 aliphatic heterocycles. The predicted molar refractivity (Wildman–Crippen MR) is 101 cm³/mol. The SMILES string of the molecule is CCCCCCCC/C=C/CCCCCCCC(=O)O[C@@]1(CO)CO1. The zero-order chi connectivity index (χ0) is 18.2. The van der Waals surface area contributed by atoms with Gasteiger partial charge in [0.25, 0.3) is 5.79 Å². The van der Waals surface area contributed by atoms with Crippen molar-refractivity contribution in [2.24, 2.45) is 0 Å². The lowest BCUT2D eigenvalue weighted by Crippen LogP contribution is -2.25. The zero-order valence-electron chi connectivity index (χ0n) is 16.1. The highest BCUT2D eigenvalue weighted by Crippen LogP contribution is 2.28. The van der Waals surface area contributed by atoms with Crippen LogP contribution < -0.4 is 0 Å². The molecule has 0 unspecified atom stereocenters. The Hall–Kier alpha value is -0.870. The summed E-state index contributed by atoms with van der Waals surface area (Å²) in [7, 11) is 0. The summed E-state index contributed by atoms with van der Waals surface area (Å²) in [6.07, 6.45) is 21.2. The number of esters is 1. The molecule has 1 N–H and O–H groups in total. The van der Waals surface area contributed by atoms with E-state index >= 15 is 0 Å². The number of carbonyl (C=O) groups is 1. The van der Waals surface area contributed by atoms with Crippen LogP contribution in [0.3, 0.4) is 0 Å². The molecular weight excluding hydrogens is 316 g/mol. The summed E-state index contributed by atoms with van der Waals surface area (Å²) in [4.78, 5) is 11.6. The Bertz CT molecular complexity index is 361. The smallest absolute Gasteiger partial charge is 0.308 e. The first kappa shape index (κ1) is 22.2. The van der Waals surface area contributed by atoms with E-state index in [2.05, 4.69) is 19.1 Å². The van der Waals surface area contributed by atoms with Gasteiger partial charge in [-0.1, -0.05) is 70.4 Å². The van der Waals surface area contributed by atoms with E-state index < -0.39 is 5.79 Å². The Morgan fingerprint density at radius 3 is 2.00 bits per heavy atom. The second-order valence-electron chi connectivity index (χ2n) is 7.17. The molecule has 0 aromatic carbocycles. The van der Waals surface area contributed by atoms with E-state index in [9.17, 15) is 4.79 Å². The summed E-state index contributed by atoms with van der Waals surface area (Å²) in [5.74, 6) is -1.26. The molecule has 0 aromatic heterocycles. The maximum atomic E-state index is 11.6. The number of carbonyl (C=O) groups excluding carboxylic acids is 1. The van der Waals surface area contributed by atoms with E-state index in [1.165, 1.54) is 70.6 Å². The molecule has 4 nitrogen and oxygen atoms in total. The number of unbranched alkanes of at least 4 members (excludes halogenated alkanes) is 11. The molecular formula is C21H38O4. The number of rotatable bonds is 17. The van der Waals surface area contributed by atoms with Gasteiger partial charge in [-0.25, -0.2) is 0 Å². The molecule has 0 bridgehead atoms. The summed E-state index contributed by atoms with van der Waals surface area (Å²) in [6.45, 7) is 2.33. The lowest BCUT2D eigenvalue weighted by molar-refractivity contribution is -0.163. The van der Waals surface area contributed by atoms with Crippen LogP contribution in [0.2, 0.25) is 0 Å². The average molecular weight is 355 g/mol. The van der Waals surface area contributed by atoms with Crippen molar-refractivity contribution in [1.29, 1.82) is 0 Å². The third-order valence-electron chi connectivity index (χ3n) is 4.65. The lowest BCUT2D eigenvalue weighted by atomic mass is 10.1. The topological polar surface area (TPSA) is 59.1 Å². The van der Waals surface area contributed by atoms with Crippen molar-refractivity contribution in [3.05, 3.63) is 12.2 Å². The molecule has 1 saturated heterocycles. The lowest BCUT2D eigenvalue weighted by Gasteiger charge is -2.09. The average Bonchev–Trinajstić information content (AvgIpc) is 3.38. The van der Waals surface area contributed by atoms with Crippen molar-refractivity contribution in [3.63, 3.8) is 0 Å². The number of allylic oxidation sites excluding steroid dienone is 2. The normalized spacial score (nSPS) is 19.4. The molecule has 0 amide bonds. The number of epoxide rings is 1. The Morgan fingerprint density at radius 2 is 1.48 bits per heavy atom. The van der Waals surface area contributed by atoms with Crippen LogP contribution in [-0.4, -0.2) is 30.1 Å². The summed E-state index contributed by atoms with van der Waals surface area (Å²) in [6, 6.07) is 0. The van der Waals surface area contributed by atoms with Gasteiger partial charge in [0.15, 0.2) is 0 Å². The summed E-state index contributed by atoms with van der Waals surface area (Å²) in [5, 5.41) is 9.00. The summed E-state index contributed by atoms with van der Waals surface area (Å²) >= 11 is 0. The molecule has 25 heavy (non-hydrogen) atoms. The van der Waals surface area contributed by atoms with Crippen LogP contribution in [0.5, 0.6) is 0 Å². The summed E-state index contributed by atoms with van der Waals surface area (Å²) in [5.41, 5.74) is 0. The van der Waals surface area contributed by atoms with Gasteiger partial charge in [-0.05, 0) is 32.1 Å². The van der Waals surface area contributed by atoms with E-state index in [1.54, 1.807) is 0 Å². The quantitative estimate of drug-likeness (QED) is 0.167. The number of hydrogen-bond donors (Lipinski definition) is 1. The van der Waals surface area contributed by atoms with Crippen molar-refractivity contribution in [3.8, 4) is 0 Å². The van der Waals surface area contributed by atoms with Gasteiger partial charge in [-0.15, -0.1) is 0 Å². The van der Waals surface area contributed by atoms with Crippen molar-refractivity contribution < 1.29 is 19.4 Å². The molecule has 1 atom stereocenters. The maximum Gasteiger partial charge on any atom is 0.308 e. The minimum absolute atomic E-state index is 0.245. The molecule has 0 radical (unpaired) electrons. The minimum Gasteiger partial charge on any atom is -0.428 e. The minimum atomic E-state index is -1.00. The maximum absolute atomic E-state index is 11.6. The number of ether oxygens (including phenoxy) is 2. The molecule has 0 aromatic rings. The van der Waals surface area contributed by atoms with E-state index in [-0.39, 0.29) is 12.6 Å². The third-order valence-corrected chi connectivity index (χ3v) is 4.65.